The van der Waals surface area contributed by atoms with Gasteiger partial charge < -0.3 is 10.3 Å². The maximum atomic E-state index is 13.7. The van der Waals surface area contributed by atoms with Gasteiger partial charge in [0.1, 0.15) is 5.82 Å². The fraction of sp³-hybridized carbons (Fsp3) is 0.333. The van der Waals surface area contributed by atoms with Gasteiger partial charge in [-0.05, 0) is 31.5 Å². The van der Waals surface area contributed by atoms with E-state index in [1.807, 2.05) is 6.92 Å². The van der Waals surface area contributed by atoms with Crippen LogP contribution in [0.25, 0.3) is 11.5 Å². The summed E-state index contributed by atoms with van der Waals surface area (Å²) in [6.45, 7) is 3.73. The monoisotopic (exact) mass is 313 g/mol. The summed E-state index contributed by atoms with van der Waals surface area (Å²) in [4.78, 5) is 4.16. The molecule has 1 aromatic heterocycles. The van der Waals surface area contributed by atoms with E-state index in [-0.39, 0.29) is 11.5 Å². The van der Waals surface area contributed by atoms with Crippen LogP contribution in [0.1, 0.15) is 26.1 Å². The molecule has 0 spiro atoms. The average Bonchev–Trinajstić information content (AvgIpc) is 2.79. The Morgan fingerprint density at radius 1 is 1.50 bits per heavy atom. The van der Waals surface area contributed by atoms with Gasteiger partial charge in [0, 0.05) is 4.47 Å². The number of nitrogens with two attached hydrogens (primary N) is 1. The van der Waals surface area contributed by atoms with Gasteiger partial charge in [-0.15, -0.1) is 0 Å². The van der Waals surface area contributed by atoms with Crippen molar-refractivity contribution in [2.45, 2.75) is 25.8 Å². The van der Waals surface area contributed by atoms with Crippen molar-refractivity contribution in [2.24, 2.45) is 5.73 Å². The van der Waals surface area contributed by atoms with Crippen LogP contribution in [0, 0.1) is 5.82 Å². The highest BCUT2D eigenvalue weighted by Crippen LogP contribution is 2.26. The Balaban J connectivity index is 2.41. The topological polar surface area (TPSA) is 64.9 Å². The van der Waals surface area contributed by atoms with Gasteiger partial charge in [0.2, 0.25) is 0 Å². The van der Waals surface area contributed by atoms with Gasteiger partial charge in [0.15, 0.2) is 5.82 Å². The van der Waals surface area contributed by atoms with Crippen LogP contribution in [0.3, 0.4) is 0 Å². The number of hydrogen-bond acceptors (Lipinski definition) is 4. The van der Waals surface area contributed by atoms with Crippen molar-refractivity contribution in [3.8, 4) is 11.5 Å². The van der Waals surface area contributed by atoms with Crippen LogP contribution in [0.4, 0.5) is 4.39 Å². The summed E-state index contributed by atoms with van der Waals surface area (Å²) < 4.78 is 19.5. The lowest BCUT2D eigenvalue weighted by atomic mass is 10.00. The Bertz CT molecular complexity index is 568. The second-order valence-corrected chi connectivity index (χ2v) is 5.23. The smallest absolute Gasteiger partial charge is 0.260 e. The molecule has 0 radical (unpaired) electrons. The second kappa shape index (κ2) is 4.78. The van der Waals surface area contributed by atoms with E-state index in [2.05, 4.69) is 26.1 Å². The largest absolute Gasteiger partial charge is 0.334 e. The highest BCUT2D eigenvalue weighted by molar-refractivity contribution is 9.10. The number of hydrogen-bond donors (Lipinski definition) is 1. The number of halogens is 2. The standard InChI is InChI=1S/C12H13BrFN3O/c1-3-12(2,15)11-16-10(18-17-11)8-5-4-7(13)6-9(8)14/h4-6H,3,15H2,1-2H3. The van der Waals surface area contributed by atoms with Crippen LogP contribution in [0.15, 0.2) is 27.2 Å². The molecule has 0 saturated heterocycles. The maximum absolute atomic E-state index is 13.7. The van der Waals surface area contributed by atoms with Crippen LogP contribution in [-0.2, 0) is 5.54 Å². The van der Waals surface area contributed by atoms with E-state index in [0.717, 1.165) is 0 Å². The SMILES string of the molecule is CCC(C)(N)c1noc(-c2ccc(Br)cc2F)n1. The summed E-state index contributed by atoms with van der Waals surface area (Å²) >= 11 is 3.19. The average molecular weight is 314 g/mol. The van der Waals surface area contributed by atoms with E-state index < -0.39 is 11.4 Å². The summed E-state index contributed by atoms with van der Waals surface area (Å²) in [5.74, 6) is 0.0947. The second-order valence-electron chi connectivity index (χ2n) is 4.32. The van der Waals surface area contributed by atoms with E-state index in [1.54, 1.807) is 19.1 Å². The molecule has 0 aliphatic carbocycles. The van der Waals surface area contributed by atoms with E-state index >= 15 is 0 Å². The molecule has 1 heterocycles. The van der Waals surface area contributed by atoms with Gasteiger partial charge in [-0.2, -0.15) is 4.98 Å². The number of nitrogens with zero attached hydrogens (tertiary/aromatic N) is 2. The lowest BCUT2D eigenvalue weighted by Crippen LogP contribution is -2.33. The highest BCUT2D eigenvalue weighted by Gasteiger charge is 2.26. The summed E-state index contributed by atoms with van der Waals surface area (Å²) in [6.07, 6.45) is 0.662. The number of aromatic nitrogens is 2. The molecule has 18 heavy (non-hydrogen) atoms. The molecule has 0 aliphatic heterocycles. The first-order valence-corrected chi connectivity index (χ1v) is 6.32. The Hall–Kier alpha value is -1.27. The van der Waals surface area contributed by atoms with Crippen molar-refractivity contribution in [1.82, 2.24) is 10.1 Å². The molecule has 4 nitrogen and oxygen atoms in total. The van der Waals surface area contributed by atoms with Crippen molar-refractivity contribution in [1.29, 1.82) is 0 Å². The van der Waals surface area contributed by atoms with E-state index in [9.17, 15) is 4.39 Å². The van der Waals surface area contributed by atoms with E-state index in [0.29, 0.717) is 16.7 Å². The van der Waals surface area contributed by atoms with Gasteiger partial charge in [-0.25, -0.2) is 4.39 Å². The summed E-state index contributed by atoms with van der Waals surface area (Å²) in [5.41, 5.74) is 5.60. The van der Waals surface area contributed by atoms with Crippen LogP contribution >= 0.6 is 15.9 Å². The van der Waals surface area contributed by atoms with E-state index in [1.165, 1.54) is 6.07 Å². The van der Waals surface area contributed by atoms with Crippen molar-refractivity contribution < 1.29 is 8.91 Å². The van der Waals surface area contributed by atoms with E-state index in [4.69, 9.17) is 10.3 Å². The molecule has 2 aromatic rings. The van der Waals surface area contributed by atoms with Crippen molar-refractivity contribution in [3.63, 3.8) is 0 Å². The predicted octanol–water partition coefficient (Wildman–Crippen LogP) is 3.22. The van der Waals surface area contributed by atoms with Crippen molar-refractivity contribution in [3.05, 3.63) is 34.3 Å². The molecule has 0 amide bonds. The molecule has 96 valence electrons. The zero-order chi connectivity index (χ0) is 13.3. The zero-order valence-corrected chi connectivity index (χ0v) is 11.7. The normalized spacial score (nSPS) is 14.5. The minimum Gasteiger partial charge on any atom is -0.334 e. The molecule has 1 unspecified atom stereocenters. The van der Waals surface area contributed by atoms with Gasteiger partial charge in [-0.1, -0.05) is 28.0 Å². The lowest BCUT2D eigenvalue weighted by Gasteiger charge is -2.16. The fourth-order valence-corrected chi connectivity index (χ4v) is 1.72. The predicted molar refractivity (Wildman–Crippen MR) is 69.2 cm³/mol. The summed E-state index contributed by atoms with van der Waals surface area (Å²) in [7, 11) is 0. The first-order valence-electron chi connectivity index (χ1n) is 5.52. The molecule has 2 rings (SSSR count). The Kier molecular flexibility index (Phi) is 3.49. The Morgan fingerprint density at radius 2 is 2.22 bits per heavy atom. The molecule has 0 bridgehead atoms. The van der Waals surface area contributed by atoms with Gasteiger partial charge in [0.25, 0.3) is 5.89 Å². The molecule has 1 aromatic carbocycles. The van der Waals surface area contributed by atoms with Gasteiger partial charge >= 0.3 is 0 Å². The highest BCUT2D eigenvalue weighted by atomic mass is 79.9. The third-order valence-corrected chi connectivity index (χ3v) is 3.33. The van der Waals surface area contributed by atoms with Gasteiger partial charge in [-0.3, -0.25) is 0 Å². The quantitative estimate of drug-likeness (QED) is 0.944. The first kappa shape index (κ1) is 13.2. The summed E-state index contributed by atoms with van der Waals surface area (Å²) in [5, 5.41) is 3.81. The van der Waals surface area contributed by atoms with Crippen LogP contribution in [0.2, 0.25) is 0 Å². The molecular formula is C12H13BrFN3O. The molecule has 0 fully saturated rings. The van der Waals surface area contributed by atoms with Crippen LogP contribution in [-0.4, -0.2) is 10.1 Å². The summed E-state index contributed by atoms with van der Waals surface area (Å²) in [6, 6.07) is 4.64. The van der Waals surface area contributed by atoms with Gasteiger partial charge in [0.05, 0.1) is 11.1 Å². The van der Waals surface area contributed by atoms with Crippen molar-refractivity contribution >= 4 is 15.9 Å². The fourth-order valence-electron chi connectivity index (χ4n) is 1.39. The number of benzene rings is 1. The minimum atomic E-state index is -0.673. The molecule has 0 aliphatic rings. The molecule has 0 saturated carbocycles. The maximum Gasteiger partial charge on any atom is 0.260 e. The third kappa shape index (κ3) is 2.44. The number of rotatable bonds is 3. The molecular weight excluding hydrogens is 301 g/mol. The first-order chi connectivity index (χ1) is 8.44. The lowest BCUT2D eigenvalue weighted by molar-refractivity contribution is 0.378. The Labute approximate surface area is 113 Å². The van der Waals surface area contributed by atoms with Crippen LogP contribution in [0.5, 0.6) is 0 Å². The van der Waals surface area contributed by atoms with Crippen LogP contribution < -0.4 is 5.73 Å². The molecule has 1 atom stereocenters. The van der Waals surface area contributed by atoms with Crippen molar-refractivity contribution in [2.75, 3.05) is 0 Å². The Morgan fingerprint density at radius 3 is 2.83 bits per heavy atom. The molecule has 6 heteroatoms. The zero-order valence-electron chi connectivity index (χ0n) is 10.1. The minimum absolute atomic E-state index is 0.139. The third-order valence-electron chi connectivity index (χ3n) is 2.83. The molecule has 2 N–H and O–H groups in total.